The number of rotatable bonds is 12. The third kappa shape index (κ3) is 7.56. The number of aliphatic carboxylic acids is 1. The summed E-state index contributed by atoms with van der Waals surface area (Å²) in [7, 11) is 0. The van der Waals surface area contributed by atoms with Gasteiger partial charge in [-0.1, -0.05) is 26.0 Å². The van der Waals surface area contributed by atoms with Gasteiger partial charge in [0.25, 0.3) is 0 Å². The number of carboxylic acids is 1. The van der Waals surface area contributed by atoms with E-state index in [2.05, 4.69) is 5.32 Å². The number of hydrogen-bond donors (Lipinski definition) is 3. The van der Waals surface area contributed by atoms with Crippen molar-refractivity contribution in [2.75, 3.05) is 13.1 Å². The zero-order valence-electron chi connectivity index (χ0n) is 21.0. The zero-order valence-corrected chi connectivity index (χ0v) is 21.0. The molecule has 1 fully saturated rings. The maximum absolute atomic E-state index is 13.9. The smallest absolute Gasteiger partial charge is 0.345 e. The number of likely N-dealkylation sites (tertiary alicyclic amines) is 1. The monoisotopic (exact) mass is 517 g/mol. The number of carboxylic acid groups (broad SMARTS) is 1. The predicted molar refractivity (Wildman–Crippen MR) is 133 cm³/mol. The predicted octanol–water partition coefficient (Wildman–Crippen LogP) is 3.13. The van der Waals surface area contributed by atoms with Crippen LogP contribution in [0.1, 0.15) is 49.0 Å². The summed E-state index contributed by atoms with van der Waals surface area (Å²) in [5, 5.41) is 12.2. The van der Waals surface area contributed by atoms with Gasteiger partial charge in [-0.2, -0.15) is 0 Å². The van der Waals surface area contributed by atoms with E-state index in [-0.39, 0.29) is 36.4 Å². The molecule has 0 bridgehead atoms. The highest BCUT2D eigenvalue weighted by molar-refractivity contribution is 6.00. The maximum atomic E-state index is 13.9. The lowest BCUT2D eigenvalue weighted by Gasteiger charge is -2.25. The highest BCUT2D eigenvalue weighted by atomic mass is 19.1. The number of carbonyl (C=O) groups is 3. The topological polar surface area (TPSA) is 122 Å². The van der Waals surface area contributed by atoms with Gasteiger partial charge in [-0.15, -0.1) is 0 Å². The van der Waals surface area contributed by atoms with Gasteiger partial charge >= 0.3 is 5.97 Å². The van der Waals surface area contributed by atoms with Gasteiger partial charge in [0.15, 0.2) is 11.9 Å². The first-order valence-electron chi connectivity index (χ1n) is 12.3. The second-order valence-electron chi connectivity index (χ2n) is 9.56. The van der Waals surface area contributed by atoms with Crippen LogP contribution in [-0.4, -0.2) is 58.9 Å². The number of benzene rings is 2. The van der Waals surface area contributed by atoms with Crippen LogP contribution in [0.25, 0.3) is 0 Å². The number of ketones is 1. The Bertz CT molecular complexity index is 1110. The summed E-state index contributed by atoms with van der Waals surface area (Å²) in [6.07, 6.45) is 0.724. The van der Waals surface area contributed by atoms with Crippen molar-refractivity contribution >= 4 is 17.7 Å². The van der Waals surface area contributed by atoms with Crippen molar-refractivity contribution in [3.63, 3.8) is 0 Å². The molecule has 1 saturated heterocycles. The summed E-state index contributed by atoms with van der Waals surface area (Å²) >= 11 is 0. The van der Waals surface area contributed by atoms with Crippen molar-refractivity contribution in [3.8, 4) is 5.75 Å². The lowest BCUT2D eigenvalue weighted by molar-refractivity contribution is -0.147. The van der Waals surface area contributed by atoms with Crippen LogP contribution in [0.5, 0.6) is 5.75 Å². The molecule has 200 valence electrons. The van der Waals surface area contributed by atoms with Crippen LogP contribution in [0.15, 0.2) is 42.5 Å². The molecule has 0 saturated carbocycles. The Morgan fingerprint density at radius 1 is 1.16 bits per heavy atom. The third-order valence-electron chi connectivity index (χ3n) is 6.43. The summed E-state index contributed by atoms with van der Waals surface area (Å²) in [5.41, 5.74) is 6.42. The Labute approximate surface area is 214 Å². The van der Waals surface area contributed by atoms with E-state index < -0.39 is 35.5 Å². The van der Waals surface area contributed by atoms with E-state index >= 15 is 0 Å². The highest BCUT2D eigenvalue weighted by Gasteiger charge is 2.31. The van der Waals surface area contributed by atoms with Gasteiger partial charge in [0.05, 0.1) is 17.6 Å². The van der Waals surface area contributed by atoms with Gasteiger partial charge in [0.1, 0.15) is 17.4 Å². The molecule has 1 aliphatic rings. The molecule has 37 heavy (non-hydrogen) atoms. The minimum absolute atomic E-state index is 0.153. The number of Topliss-reactive ketones (excluding diaryl/α,β-unsaturated/α-hetero) is 1. The summed E-state index contributed by atoms with van der Waals surface area (Å²) < 4.78 is 32.9. The number of ether oxygens (including phenoxy) is 1. The number of hydrogen-bond acceptors (Lipinski definition) is 6. The zero-order chi connectivity index (χ0) is 27.1. The second kappa shape index (κ2) is 12.7. The number of nitrogens with zero attached hydrogens (tertiary/aromatic N) is 1. The molecule has 0 aliphatic carbocycles. The highest BCUT2D eigenvalue weighted by Crippen LogP contribution is 2.20. The van der Waals surface area contributed by atoms with Gasteiger partial charge in [-0.25, -0.2) is 13.6 Å². The Kier molecular flexibility index (Phi) is 9.71. The summed E-state index contributed by atoms with van der Waals surface area (Å²) in [5.74, 6) is -3.15. The number of amides is 1. The molecule has 3 rings (SSSR count). The lowest BCUT2D eigenvalue weighted by atomic mass is 10.0. The van der Waals surface area contributed by atoms with Crippen LogP contribution in [0.2, 0.25) is 0 Å². The molecule has 0 aromatic heterocycles. The van der Waals surface area contributed by atoms with Crippen LogP contribution in [0, 0.1) is 17.6 Å². The molecule has 1 unspecified atom stereocenters. The van der Waals surface area contributed by atoms with E-state index in [0.29, 0.717) is 25.3 Å². The third-order valence-corrected chi connectivity index (χ3v) is 6.43. The summed E-state index contributed by atoms with van der Waals surface area (Å²) in [6, 6.07) is 8.15. The van der Waals surface area contributed by atoms with Crippen LogP contribution in [-0.2, 0) is 16.1 Å². The van der Waals surface area contributed by atoms with Crippen molar-refractivity contribution in [1.82, 2.24) is 10.2 Å². The molecule has 0 spiro atoms. The maximum Gasteiger partial charge on any atom is 0.345 e. The van der Waals surface area contributed by atoms with Gasteiger partial charge in [-0.05, 0) is 61.7 Å². The Hall–Kier alpha value is -3.37. The van der Waals surface area contributed by atoms with Crippen LogP contribution >= 0.6 is 0 Å². The summed E-state index contributed by atoms with van der Waals surface area (Å²) in [4.78, 5) is 38.6. The number of carbonyl (C=O) groups excluding carboxylic acids is 2. The van der Waals surface area contributed by atoms with Gasteiger partial charge in [0, 0.05) is 19.0 Å². The summed E-state index contributed by atoms with van der Waals surface area (Å²) in [6.45, 7) is 4.86. The SMILES string of the molecule is CC(C)[C@H](Oc1ccc(CNC(=O)C2CCCN2CC[C@@H](N)C(=O)c2cc(F)ccc2F)cc1)C(=O)O. The van der Waals surface area contributed by atoms with Crippen LogP contribution < -0.4 is 15.8 Å². The molecule has 2 aromatic carbocycles. The molecule has 8 nitrogen and oxygen atoms in total. The first-order chi connectivity index (χ1) is 17.6. The molecule has 2 aromatic rings. The fourth-order valence-corrected chi connectivity index (χ4v) is 4.32. The van der Waals surface area contributed by atoms with E-state index in [0.717, 1.165) is 30.2 Å². The van der Waals surface area contributed by atoms with E-state index in [4.69, 9.17) is 10.5 Å². The van der Waals surface area contributed by atoms with Crippen molar-refractivity contribution in [3.05, 3.63) is 65.2 Å². The average Bonchev–Trinajstić information content (AvgIpc) is 3.34. The number of nitrogens with one attached hydrogen (secondary N) is 1. The first kappa shape index (κ1) is 28.2. The molecule has 0 radical (unpaired) electrons. The number of nitrogens with two attached hydrogens (primary N) is 1. The molecule has 3 atom stereocenters. The first-order valence-corrected chi connectivity index (χ1v) is 12.3. The van der Waals surface area contributed by atoms with E-state index in [9.17, 15) is 28.3 Å². The van der Waals surface area contributed by atoms with Gasteiger partial charge in [0.2, 0.25) is 5.91 Å². The minimum Gasteiger partial charge on any atom is -0.478 e. The van der Waals surface area contributed by atoms with E-state index in [1.807, 2.05) is 4.90 Å². The van der Waals surface area contributed by atoms with E-state index in [1.165, 1.54) is 0 Å². The van der Waals surface area contributed by atoms with Crippen molar-refractivity contribution in [2.45, 2.75) is 57.8 Å². The lowest BCUT2D eigenvalue weighted by Crippen LogP contribution is -2.45. The molecule has 1 heterocycles. The molecule has 1 amide bonds. The largest absolute Gasteiger partial charge is 0.478 e. The van der Waals surface area contributed by atoms with Crippen molar-refractivity contribution in [2.24, 2.45) is 11.7 Å². The van der Waals surface area contributed by atoms with Crippen LogP contribution in [0.3, 0.4) is 0 Å². The van der Waals surface area contributed by atoms with Gasteiger partial charge in [-0.3, -0.25) is 14.5 Å². The minimum atomic E-state index is -1.03. The van der Waals surface area contributed by atoms with Crippen LogP contribution in [0.4, 0.5) is 8.78 Å². The standard InChI is InChI=1S/C27H33F2N3O5/c1-16(2)25(27(35)36)37-19-8-5-17(6-9-19)15-31-26(34)23-4-3-12-32(23)13-11-22(30)24(33)20-14-18(28)7-10-21(20)29/h5-10,14,16,22-23,25H,3-4,11-13,15,30H2,1-2H3,(H,31,34)(H,35,36)/t22-,23?,25+/m1/s1. The second-order valence-corrected chi connectivity index (χ2v) is 9.56. The molecular weight excluding hydrogens is 484 g/mol. The molecular formula is C27H33F2N3O5. The molecule has 1 aliphatic heterocycles. The normalized spacial score (nSPS) is 17.4. The van der Waals surface area contributed by atoms with Crippen molar-refractivity contribution < 1.29 is 33.0 Å². The fraction of sp³-hybridized carbons (Fsp3) is 0.444. The van der Waals surface area contributed by atoms with E-state index in [1.54, 1.807) is 38.1 Å². The Balaban J connectivity index is 1.50. The van der Waals surface area contributed by atoms with Crippen molar-refractivity contribution in [1.29, 1.82) is 0 Å². The average molecular weight is 518 g/mol. The fourth-order valence-electron chi connectivity index (χ4n) is 4.32. The number of halogens is 2. The Morgan fingerprint density at radius 3 is 2.51 bits per heavy atom. The molecule has 10 heteroatoms. The van der Waals surface area contributed by atoms with Gasteiger partial charge < -0.3 is 20.9 Å². The Morgan fingerprint density at radius 2 is 1.86 bits per heavy atom. The quantitative estimate of drug-likeness (QED) is 0.370. The molecule has 4 N–H and O–H groups in total.